The monoisotopic (exact) mass is 255 g/mol. The SMILES string of the molecule is CCC(CCl)NC(=O)C(C)(C)S(C)(=O)=O. The number of hydrogen-bond acceptors (Lipinski definition) is 3. The minimum Gasteiger partial charge on any atom is -0.351 e. The Kier molecular flexibility index (Phi) is 5.06. The van der Waals surface area contributed by atoms with Crippen molar-refractivity contribution in [3.8, 4) is 0 Å². The fourth-order valence-corrected chi connectivity index (χ4v) is 1.47. The van der Waals surface area contributed by atoms with Crippen molar-refractivity contribution in [2.45, 2.75) is 38.0 Å². The number of rotatable bonds is 5. The molecule has 0 fully saturated rings. The first-order chi connectivity index (χ1) is 6.66. The third-order valence-electron chi connectivity index (χ3n) is 2.49. The van der Waals surface area contributed by atoms with Gasteiger partial charge in [-0.2, -0.15) is 0 Å². The number of hydrogen-bond donors (Lipinski definition) is 1. The van der Waals surface area contributed by atoms with Gasteiger partial charge in [-0.05, 0) is 20.3 Å². The summed E-state index contributed by atoms with van der Waals surface area (Å²) in [6, 6.07) is -0.180. The van der Waals surface area contributed by atoms with Crippen LogP contribution in [0.3, 0.4) is 0 Å². The molecule has 0 aromatic carbocycles. The highest BCUT2D eigenvalue weighted by Gasteiger charge is 2.38. The Labute approximate surface area is 96.3 Å². The van der Waals surface area contributed by atoms with E-state index in [-0.39, 0.29) is 11.9 Å². The predicted molar refractivity (Wildman–Crippen MR) is 61.9 cm³/mol. The van der Waals surface area contributed by atoms with E-state index < -0.39 is 20.5 Å². The summed E-state index contributed by atoms with van der Waals surface area (Å²) < 4.78 is 21.3. The number of nitrogens with one attached hydrogen (secondary N) is 1. The van der Waals surface area contributed by atoms with Crippen LogP contribution < -0.4 is 5.32 Å². The number of amides is 1. The van der Waals surface area contributed by atoms with Gasteiger partial charge in [0.15, 0.2) is 9.84 Å². The summed E-state index contributed by atoms with van der Waals surface area (Å²) >= 11 is 5.61. The second-order valence-corrected chi connectivity index (χ2v) is 6.89. The van der Waals surface area contributed by atoms with Gasteiger partial charge in [-0.1, -0.05) is 6.92 Å². The highest BCUT2D eigenvalue weighted by molar-refractivity contribution is 7.92. The van der Waals surface area contributed by atoms with Gasteiger partial charge >= 0.3 is 0 Å². The van der Waals surface area contributed by atoms with Crippen LogP contribution in [0.25, 0.3) is 0 Å². The Morgan fingerprint density at radius 2 is 1.93 bits per heavy atom. The Balaban J connectivity index is 4.73. The maximum Gasteiger partial charge on any atom is 0.241 e. The van der Waals surface area contributed by atoms with Crippen LogP contribution in [0.5, 0.6) is 0 Å². The Morgan fingerprint density at radius 1 is 1.47 bits per heavy atom. The predicted octanol–water partition coefficient (Wildman–Crippen LogP) is 0.943. The van der Waals surface area contributed by atoms with Gasteiger partial charge in [-0.3, -0.25) is 4.79 Å². The van der Waals surface area contributed by atoms with Gasteiger partial charge in [0.2, 0.25) is 5.91 Å². The van der Waals surface area contributed by atoms with Crippen molar-refractivity contribution in [3.05, 3.63) is 0 Å². The van der Waals surface area contributed by atoms with Gasteiger partial charge in [0.25, 0.3) is 0 Å². The third kappa shape index (κ3) is 3.65. The molecule has 90 valence electrons. The summed E-state index contributed by atoms with van der Waals surface area (Å²) in [5.41, 5.74) is 0. The van der Waals surface area contributed by atoms with Crippen LogP contribution in [0.4, 0.5) is 0 Å². The van der Waals surface area contributed by atoms with Gasteiger partial charge in [0.1, 0.15) is 4.75 Å². The van der Waals surface area contributed by atoms with E-state index in [0.717, 1.165) is 6.26 Å². The zero-order chi connectivity index (χ0) is 12.3. The van der Waals surface area contributed by atoms with Crippen LogP contribution in [0.1, 0.15) is 27.2 Å². The molecule has 1 unspecified atom stereocenters. The molecule has 0 rings (SSSR count). The third-order valence-corrected chi connectivity index (χ3v) is 4.90. The van der Waals surface area contributed by atoms with Crippen LogP contribution in [-0.4, -0.2) is 37.2 Å². The van der Waals surface area contributed by atoms with E-state index in [1.54, 1.807) is 0 Å². The number of carbonyl (C=O) groups excluding carboxylic acids is 1. The number of sulfone groups is 1. The lowest BCUT2D eigenvalue weighted by Crippen LogP contribution is -2.51. The molecule has 6 heteroatoms. The fraction of sp³-hybridized carbons (Fsp3) is 0.889. The molecule has 0 aliphatic heterocycles. The topological polar surface area (TPSA) is 63.2 Å². The maximum absolute atomic E-state index is 11.7. The van der Waals surface area contributed by atoms with Crippen LogP contribution in [0.2, 0.25) is 0 Å². The lowest BCUT2D eigenvalue weighted by molar-refractivity contribution is -0.123. The molecule has 0 spiro atoms. The summed E-state index contributed by atoms with van der Waals surface area (Å²) in [6.07, 6.45) is 1.73. The van der Waals surface area contributed by atoms with E-state index in [9.17, 15) is 13.2 Å². The average Bonchev–Trinajstić information content (AvgIpc) is 2.11. The molecule has 0 bridgehead atoms. The van der Waals surface area contributed by atoms with Crippen LogP contribution in [0, 0.1) is 0 Å². The minimum atomic E-state index is -3.42. The van der Waals surface area contributed by atoms with E-state index in [1.165, 1.54) is 13.8 Å². The molecule has 0 aliphatic rings. The summed E-state index contributed by atoms with van der Waals surface area (Å²) in [6.45, 7) is 4.65. The summed E-state index contributed by atoms with van der Waals surface area (Å²) in [5, 5.41) is 2.61. The molecule has 0 aromatic heterocycles. The fourth-order valence-electron chi connectivity index (χ4n) is 0.777. The molecule has 1 N–H and O–H groups in total. The normalized spacial score (nSPS) is 14.7. The Morgan fingerprint density at radius 3 is 2.20 bits per heavy atom. The molecule has 4 nitrogen and oxygen atoms in total. The number of alkyl halides is 1. The summed E-state index contributed by atoms with van der Waals surface area (Å²) in [7, 11) is -3.42. The van der Waals surface area contributed by atoms with Gasteiger partial charge in [-0.25, -0.2) is 8.42 Å². The first kappa shape index (κ1) is 14.7. The molecule has 1 amide bonds. The zero-order valence-electron chi connectivity index (χ0n) is 9.50. The molecule has 0 aliphatic carbocycles. The molecule has 0 saturated heterocycles. The van der Waals surface area contributed by atoms with Crippen molar-refractivity contribution in [1.82, 2.24) is 5.32 Å². The van der Waals surface area contributed by atoms with E-state index >= 15 is 0 Å². The number of halogens is 1. The van der Waals surface area contributed by atoms with Gasteiger partial charge in [0, 0.05) is 18.2 Å². The van der Waals surface area contributed by atoms with Crippen molar-refractivity contribution in [2.75, 3.05) is 12.1 Å². The zero-order valence-corrected chi connectivity index (χ0v) is 11.1. The van der Waals surface area contributed by atoms with Gasteiger partial charge in [-0.15, -0.1) is 11.6 Å². The highest BCUT2D eigenvalue weighted by atomic mass is 35.5. The maximum atomic E-state index is 11.7. The Bertz CT molecular complexity index is 320. The standard InChI is InChI=1S/C9H18ClNO3S/c1-5-7(6-10)11-8(12)9(2,3)15(4,13)14/h7H,5-6H2,1-4H3,(H,11,12). The quantitative estimate of drug-likeness (QED) is 0.744. The molecule has 0 heterocycles. The van der Waals surface area contributed by atoms with E-state index in [2.05, 4.69) is 5.32 Å². The lowest BCUT2D eigenvalue weighted by atomic mass is 10.1. The van der Waals surface area contributed by atoms with Crippen molar-refractivity contribution < 1.29 is 13.2 Å². The van der Waals surface area contributed by atoms with E-state index in [0.29, 0.717) is 6.42 Å². The average molecular weight is 256 g/mol. The second kappa shape index (κ2) is 5.16. The summed E-state index contributed by atoms with van der Waals surface area (Å²) in [5.74, 6) is -0.222. The second-order valence-electron chi connectivity index (χ2n) is 4.02. The van der Waals surface area contributed by atoms with Crippen molar-refractivity contribution in [2.24, 2.45) is 0 Å². The number of carbonyl (C=O) groups is 1. The van der Waals surface area contributed by atoms with Crippen molar-refractivity contribution >= 4 is 27.3 Å². The molecule has 15 heavy (non-hydrogen) atoms. The molecule has 0 saturated carbocycles. The van der Waals surface area contributed by atoms with E-state index in [4.69, 9.17) is 11.6 Å². The van der Waals surface area contributed by atoms with Gasteiger partial charge < -0.3 is 5.32 Å². The molecular formula is C9H18ClNO3S. The Hall–Kier alpha value is -0.290. The lowest BCUT2D eigenvalue weighted by Gasteiger charge is -2.24. The van der Waals surface area contributed by atoms with Crippen LogP contribution in [0.15, 0.2) is 0 Å². The molecular weight excluding hydrogens is 238 g/mol. The largest absolute Gasteiger partial charge is 0.351 e. The summed E-state index contributed by atoms with van der Waals surface area (Å²) in [4.78, 5) is 11.7. The molecule has 0 aromatic rings. The van der Waals surface area contributed by atoms with Crippen LogP contribution >= 0.6 is 11.6 Å². The smallest absolute Gasteiger partial charge is 0.241 e. The minimum absolute atomic E-state index is 0.180. The first-order valence-electron chi connectivity index (χ1n) is 4.73. The first-order valence-corrected chi connectivity index (χ1v) is 7.16. The molecule has 0 radical (unpaired) electrons. The highest BCUT2D eigenvalue weighted by Crippen LogP contribution is 2.15. The van der Waals surface area contributed by atoms with Crippen LogP contribution in [-0.2, 0) is 14.6 Å². The molecule has 1 atom stereocenters. The van der Waals surface area contributed by atoms with E-state index in [1.807, 2.05) is 6.92 Å². The van der Waals surface area contributed by atoms with Crippen molar-refractivity contribution in [1.29, 1.82) is 0 Å². The van der Waals surface area contributed by atoms with Crippen molar-refractivity contribution in [3.63, 3.8) is 0 Å². The van der Waals surface area contributed by atoms with Gasteiger partial charge in [0.05, 0.1) is 0 Å².